The van der Waals surface area contributed by atoms with Crippen LogP contribution in [0.3, 0.4) is 0 Å². The van der Waals surface area contributed by atoms with E-state index in [2.05, 4.69) is 12.2 Å². The molecule has 0 spiro atoms. The lowest BCUT2D eigenvalue weighted by Gasteiger charge is -2.11. The van der Waals surface area contributed by atoms with Crippen molar-refractivity contribution in [3.05, 3.63) is 39.8 Å². The van der Waals surface area contributed by atoms with E-state index in [1.54, 1.807) is 0 Å². The number of carbonyl (C=O) groups excluding carboxylic acids is 1. The SMILES string of the molecule is CC(=O)c1c(CC2C=CCC2)cc(=O)oc1N. The molecule has 90 valence electrons. The number of rotatable bonds is 3. The molecule has 1 aliphatic carbocycles. The molecule has 1 unspecified atom stereocenters. The van der Waals surface area contributed by atoms with Crippen LogP contribution in [0.2, 0.25) is 0 Å². The van der Waals surface area contributed by atoms with Crippen LogP contribution in [0, 0.1) is 5.92 Å². The Balaban J connectivity index is 2.39. The summed E-state index contributed by atoms with van der Waals surface area (Å²) >= 11 is 0. The maximum atomic E-state index is 11.5. The molecule has 0 aliphatic heterocycles. The first-order valence-corrected chi connectivity index (χ1v) is 5.68. The highest BCUT2D eigenvalue weighted by molar-refractivity contribution is 5.99. The largest absolute Gasteiger partial charge is 0.406 e. The highest BCUT2D eigenvalue weighted by Gasteiger charge is 2.18. The molecule has 4 heteroatoms. The molecule has 0 saturated heterocycles. The zero-order valence-corrected chi connectivity index (χ0v) is 9.73. The Bertz CT molecular complexity index is 528. The van der Waals surface area contributed by atoms with Crippen molar-refractivity contribution in [3.63, 3.8) is 0 Å². The van der Waals surface area contributed by atoms with Crippen molar-refractivity contribution in [2.75, 3.05) is 5.73 Å². The molecular weight excluding hydrogens is 218 g/mol. The molecule has 1 heterocycles. The van der Waals surface area contributed by atoms with Gasteiger partial charge in [-0.1, -0.05) is 12.2 Å². The average molecular weight is 233 g/mol. The summed E-state index contributed by atoms with van der Waals surface area (Å²) in [6, 6.07) is 1.37. The smallest absolute Gasteiger partial charge is 0.337 e. The van der Waals surface area contributed by atoms with Gasteiger partial charge >= 0.3 is 5.63 Å². The molecule has 0 saturated carbocycles. The Hall–Kier alpha value is -1.84. The highest BCUT2D eigenvalue weighted by atomic mass is 16.4. The summed E-state index contributed by atoms with van der Waals surface area (Å²) < 4.78 is 4.76. The van der Waals surface area contributed by atoms with Crippen molar-refractivity contribution < 1.29 is 9.21 Å². The summed E-state index contributed by atoms with van der Waals surface area (Å²) in [7, 11) is 0. The second kappa shape index (κ2) is 4.57. The number of nitrogens with two attached hydrogens (primary N) is 1. The van der Waals surface area contributed by atoms with Crippen LogP contribution in [0.5, 0.6) is 0 Å². The number of hydrogen-bond donors (Lipinski definition) is 1. The van der Waals surface area contributed by atoms with Crippen LogP contribution in [-0.2, 0) is 6.42 Å². The van der Waals surface area contributed by atoms with E-state index in [0.717, 1.165) is 12.8 Å². The summed E-state index contributed by atoms with van der Waals surface area (Å²) in [5.74, 6) is 0.152. The fourth-order valence-corrected chi connectivity index (χ4v) is 2.27. The molecule has 0 aromatic carbocycles. The van der Waals surface area contributed by atoms with E-state index in [4.69, 9.17) is 10.2 Å². The second-order valence-electron chi connectivity index (χ2n) is 4.36. The third kappa shape index (κ3) is 2.46. The fourth-order valence-electron chi connectivity index (χ4n) is 2.27. The van der Waals surface area contributed by atoms with E-state index in [1.165, 1.54) is 13.0 Å². The second-order valence-corrected chi connectivity index (χ2v) is 4.36. The molecule has 1 aliphatic rings. The predicted octanol–water partition coefficient (Wildman–Crippen LogP) is 1.93. The van der Waals surface area contributed by atoms with Gasteiger partial charge < -0.3 is 10.2 Å². The third-order valence-corrected chi connectivity index (χ3v) is 3.02. The van der Waals surface area contributed by atoms with Crippen molar-refractivity contribution >= 4 is 11.7 Å². The first kappa shape index (κ1) is 11.6. The molecular formula is C13H15NO3. The summed E-state index contributed by atoms with van der Waals surface area (Å²) in [5, 5.41) is 0. The molecule has 0 bridgehead atoms. The highest BCUT2D eigenvalue weighted by Crippen LogP contribution is 2.25. The van der Waals surface area contributed by atoms with Crippen LogP contribution >= 0.6 is 0 Å². The molecule has 2 N–H and O–H groups in total. The Morgan fingerprint density at radius 1 is 1.59 bits per heavy atom. The number of ketones is 1. The van der Waals surface area contributed by atoms with Crippen molar-refractivity contribution in [1.29, 1.82) is 0 Å². The normalized spacial score (nSPS) is 18.5. The number of allylic oxidation sites excluding steroid dienone is 2. The van der Waals surface area contributed by atoms with Gasteiger partial charge in [0.2, 0.25) is 5.88 Å². The zero-order chi connectivity index (χ0) is 12.4. The van der Waals surface area contributed by atoms with E-state index >= 15 is 0 Å². The number of carbonyl (C=O) groups is 1. The van der Waals surface area contributed by atoms with Crippen LogP contribution in [0.1, 0.15) is 35.7 Å². The van der Waals surface area contributed by atoms with E-state index in [-0.39, 0.29) is 11.7 Å². The van der Waals surface area contributed by atoms with E-state index < -0.39 is 5.63 Å². The van der Waals surface area contributed by atoms with Crippen molar-refractivity contribution in [2.45, 2.75) is 26.2 Å². The van der Waals surface area contributed by atoms with Gasteiger partial charge in [-0.05, 0) is 37.7 Å². The minimum atomic E-state index is -0.496. The van der Waals surface area contributed by atoms with Gasteiger partial charge in [0.1, 0.15) is 0 Å². The van der Waals surface area contributed by atoms with Gasteiger partial charge in [-0.25, -0.2) is 4.79 Å². The molecule has 0 radical (unpaired) electrons. The fraction of sp³-hybridized carbons (Fsp3) is 0.385. The summed E-state index contributed by atoms with van der Waals surface area (Å²) in [6.07, 6.45) is 7.01. The van der Waals surface area contributed by atoms with E-state index in [0.29, 0.717) is 23.5 Å². The topological polar surface area (TPSA) is 73.3 Å². The Kier molecular flexibility index (Phi) is 3.13. The first-order chi connectivity index (χ1) is 8.08. The molecule has 0 amide bonds. The van der Waals surface area contributed by atoms with Crippen LogP contribution in [0.4, 0.5) is 5.88 Å². The van der Waals surface area contributed by atoms with Gasteiger partial charge in [0, 0.05) is 6.07 Å². The molecule has 1 aromatic heterocycles. The first-order valence-electron chi connectivity index (χ1n) is 5.68. The van der Waals surface area contributed by atoms with Gasteiger partial charge in [-0.2, -0.15) is 0 Å². The lowest BCUT2D eigenvalue weighted by atomic mass is 9.95. The van der Waals surface area contributed by atoms with Crippen LogP contribution < -0.4 is 11.4 Å². The lowest BCUT2D eigenvalue weighted by Crippen LogP contribution is -2.13. The number of hydrogen-bond acceptors (Lipinski definition) is 4. The van der Waals surface area contributed by atoms with Gasteiger partial charge in [-0.3, -0.25) is 4.79 Å². The van der Waals surface area contributed by atoms with Crippen LogP contribution in [0.25, 0.3) is 0 Å². The quantitative estimate of drug-likeness (QED) is 0.639. The van der Waals surface area contributed by atoms with E-state index in [1.807, 2.05) is 0 Å². The Labute approximate surface area is 99.1 Å². The van der Waals surface area contributed by atoms with Crippen molar-refractivity contribution in [3.8, 4) is 0 Å². The maximum absolute atomic E-state index is 11.5. The van der Waals surface area contributed by atoms with Gasteiger partial charge in [-0.15, -0.1) is 0 Å². The molecule has 17 heavy (non-hydrogen) atoms. The monoisotopic (exact) mass is 233 g/mol. The summed E-state index contributed by atoms with van der Waals surface area (Å²) in [4.78, 5) is 22.8. The number of anilines is 1. The molecule has 0 fully saturated rings. The molecule has 1 aromatic rings. The van der Waals surface area contributed by atoms with Crippen molar-refractivity contribution in [1.82, 2.24) is 0 Å². The molecule has 2 rings (SSSR count). The minimum Gasteiger partial charge on any atom is -0.406 e. The summed E-state index contributed by atoms with van der Waals surface area (Å²) in [5.41, 5.74) is 6.14. The minimum absolute atomic E-state index is 0.0676. The lowest BCUT2D eigenvalue weighted by molar-refractivity contribution is 0.101. The maximum Gasteiger partial charge on any atom is 0.337 e. The van der Waals surface area contributed by atoms with Gasteiger partial charge in [0.15, 0.2) is 5.78 Å². The molecule has 1 atom stereocenters. The van der Waals surface area contributed by atoms with Crippen molar-refractivity contribution in [2.24, 2.45) is 5.92 Å². The Morgan fingerprint density at radius 3 is 2.94 bits per heavy atom. The van der Waals surface area contributed by atoms with Gasteiger partial charge in [0.05, 0.1) is 5.56 Å². The zero-order valence-electron chi connectivity index (χ0n) is 9.73. The van der Waals surface area contributed by atoms with E-state index in [9.17, 15) is 9.59 Å². The third-order valence-electron chi connectivity index (χ3n) is 3.02. The standard InChI is InChI=1S/C13H15NO3/c1-8(15)12-10(6-9-4-2-3-5-9)7-11(16)17-13(12)14/h2,4,7,9H,3,5-6,14H2,1H3. The number of Topliss-reactive ketones (excluding diaryl/α,β-unsaturated/α-hetero) is 1. The summed E-state index contributed by atoms with van der Waals surface area (Å²) in [6.45, 7) is 1.43. The molecule has 4 nitrogen and oxygen atoms in total. The van der Waals surface area contributed by atoms with Crippen LogP contribution in [0.15, 0.2) is 27.4 Å². The Morgan fingerprint density at radius 2 is 2.35 bits per heavy atom. The average Bonchev–Trinajstić information content (AvgIpc) is 2.68. The van der Waals surface area contributed by atoms with Crippen LogP contribution in [-0.4, -0.2) is 5.78 Å². The predicted molar refractivity (Wildman–Crippen MR) is 65.0 cm³/mol. The number of nitrogen functional groups attached to an aromatic ring is 1. The van der Waals surface area contributed by atoms with Gasteiger partial charge in [0.25, 0.3) is 0 Å².